The Balaban J connectivity index is 1.19. The molecule has 1 spiro atoms. The Kier molecular flexibility index (Phi) is 9.27. The van der Waals surface area contributed by atoms with Crippen LogP contribution in [0.3, 0.4) is 0 Å². The van der Waals surface area contributed by atoms with Gasteiger partial charge in [0.05, 0.1) is 18.3 Å². The van der Waals surface area contributed by atoms with Gasteiger partial charge < -0.3 is 14.7 Å². The first-order chi connectivity index (χ1) is 22.2. The third kappa shape index (κ3) is 6.72. The molecule has 1 aromatic heterocycles. The average molecular weight is 626 g/mol. The van der Waals surface area contributed by atoms with Crippen molar-refractivity contribution in [2.75, 3.05) is 53.4 Å². The summed E-state index contributed by atoms with van der Waals surface area (Å²) in [5.74, 6) is 1.62. The van der Waals surface area contributed by atoms with Gasteiger partial charge in [0.15, 0.2) is 0 Å². The van der Waals surface area contributed by atoms with Gasteiger partial charge in [-0.1, -0.05) is 37.3 Å². The molecule has 3 aromatic rings. The van der Waals surface area contributed by atoms with Gasteiger partial charge in [0.2, 0.25) is 11.8 Å². The van der Waals surface area contributed by atoms with Gasteiger partial charge in [-0.3, -0.25) is 29.4 Å². The van der Waals surface area contributed by atoms with Gasteiger partial charge in [-0.05, 0) is 88.7 Å². The Bertz CT molecular complexity index is 1600. The molecule has 2 fully saturated rings. The van der Waals surface area contributed by atoms with E-state index in [-0.39, 0.29) is 23.7 Å². The standard InChI is InChI=1S/C36H47N7O3/c1-5-41(34(45)28-12-13-28)18-6-7-25(2)23-43-33(38-36(35(43)46)16-19-42(20-17-36)32(44)24-40(3)4)27-10-8-26(9-11-27)29-14-15-31-30(21-29)22-37-39-31/h8-11,14-15,21-22,25,28H,5-7,12-13,16-20,23-24H2,1-4H3,(H,37,39)/t25-/m0/s1. The molecule has 3 amide bonds. The highest BCUT2D eigenvalue weighted by Crippen LogP contribution is 2.37. The number of aliphatic imine (C=N–C) groups is 1. The van der Waals surface area contributed by atoms with E-state index in [2.05, 4.69) is 60.4 Å². The normalized spacial score (nSPS) is 18.5. The van der Waals surface area contributed by atoms with Crippen LogP contribution in [0.1, 0.15) is 57.9 Å². The number of piperidine rings is 1. The molecule has 1 saturated carbocycles. The van der Waals surface area contributed by atoms with E-state index in [9.17, 15) is 14.4 Å². The molecule has 244 valence electrons. The number of amidine groups is 1. The Morgan fingerprint density at radius 1 is 1.04 bits per heavy atom. The summed E-state index contributed by atoms with van der Waals surface area (Å²) in [5.41, 5.74) is 3.26. The van der Waals surface area contributed by atoms with E-state index in [4.69, 9.17) is 4.99 Å². The van der Waals surface area contributed by atoms with Crippen molar-refractivity contribution < 1.29 is 14.4 Å². The fourth-order valence-corrected chi connectivity index (χ4v) is 6.85. The fraction of sp³-hybridized carbons (Fsp3) is 0.528. The number of hydrogen-bond acceptors (Lipinski definition) is 6. The van der Waals surface area contributed by atoms with E-state index >= 15 is 0 Å². The molecule has 2 aromatic carbocycles. The number of amides is 3. The minimum Gasteiger partial charge on any atom is -0.343 e. The number of nitrogens with zero attached hydrogens (tertiary/aromatic N) is 6. The number of benzene rings is 2. The number of nitrogens with one attached hydrogen (secondary N) is 1. The van der Waals surface area contributed by atoms with Gasteiger partial charge in [-0.25, -0.2) is 0 Å². The Labute approximate surface area is 271 Å². The number of likely N-dealkylation sites (tertiary alicyclic amines) is 1. The Hall–Kier alpha value is -4.05. The lowest BCUT2D eigenvalue weighted by Gasteiger charge is -2.37. The van der Waals surface area contributed by atoms with Crippen LogP contribution in [0.4, 0.5) is 0 Å². The number of likely N-dealkylation sites (N-methyl/N-ethyl adjacent to an activating group) is 1. The van der Waals surface area contributed by atoms with Gasteiger partial charge in [0.25, 0.3) is 5.91 Å². The molecule has 2 aliphatic heterocycles. The summed E-state index contributed by atoms with van der Waals surface area (Å²) in [4.78, 5) is 52.5. The number of aromatic nitrogens is 2. The van der Waals surface area contributed by atoms with E-state index in [1.807, 2.05) is 46.0 Å². The number of rotatable bonds is 12. The van der Waals surface area contributed by atoms with Crippen molar-refractivity contribution in [3.63, 3.8) is 0 Å². The molecule has 0 bridgehead atoms. The predicted octanol–water partition coefficient (Wildman–Crippen LogP) is 4.42. The second kappa shape index (κ2) is 13.4. The van der Waals surface area contributed by atoms with Crippen LogP contribution in [0, 0.1) is 11.8 Å². The van der Waals surface area contributed by atoms with Gasteiger partial charge >= 0.3 is 0 Å². The van der Waals surface area contributed by atoms with Gasteiger partial charge in [-0.2, -0.15) is 5.10 Å². The lowest BCUT2D eigenvalue weighted by molar-refractivity contribution is -0.138. The molecular formula is C36H47N7O3. The predicted molar refractivity (Wildman–Crippen MR) is 180 cm³/mol. The molecule has 46 heavy (non-hydrogen) atoms. The van der Waals surface area contributed by atoms with Crippen molar-refractivity contribution in [3.05, 3.63) is 54.2 Å². The van der Waals surface area contributed by atoms with E-state index in [1.54, 1.807) is 0 Å². The van der Waals surface area contributed by atoms with Gasteiger partial charge in [-0.15, -0.1) is 0 Å². The maximum Gasteiger partial charge on any atom is 0.256 e. The summed E-state index contributed by atoms with van der Waals surface area (Å²) in [7, 11) is 3.79. The topological polar surface area (TPSA) is 105 Å². The smallest absolute Gasteiger partial charge is 0.256 e. The van der Waals surface area contributed by atoms with E-state index in [0.717, 1.165) is 72.2 Å². The summed E-state index contributed by atoms with van der Waals surface area (Å²) in [5, 5.41) is 8.20. The Morgan fingerprint density at radius 2 is 1.74 bits per heavy atom. The molecular weight excluding hydrogens is 578 g/mol. The molecule has 10 nitrogen and oxygen atoms in total. The van der Waals surface area contributed by atoms with Crippen LogP contribution in [0.25, 0.3) is 22.0 Å². The van der Waals surface area contributed by atoms with Gasteiger partial charge in [0, 0.05) is 49.6 Å². The second-order valence-electron chi connectivity index (χ2n) is 13.7. The van der Waals surface area contributed by atoms with Crippen molar-refractivity contribution in [1.82, 2.24) is 29.8 Å². The first-order valence-electron chi connectivity index (χ1n) is 16.8. The zero-order valence-corrected chi connectivity index (χ0v) is 27.7. The van der Waals surface area contributed by atoms with E-state index in [1.165, 1.54) is 0 Å². The molecule has 1 saturated heterocycles. The monoisotopic (exact) mass is 625 g/mol. The molecule has 1 N–H and O–H groups in total. The quantitative estimate of drug-likeness (QED) is 0.321. The summed E-state index contributed by atoms with van der Waals surface area (Å²) in [6.07, 6.45) is 6.75. The largest absolute Gasteiger partial charge is 0.343 e. The van der Waals surface area contributed by atoms with Crippen LogP contribution >= 0.6 is 0 Å². The summed E-state index contributed by atoms with van der Waals surface area (Å²) in [6.45, 7) is 7.73. The van der Waals surface area contributed by atoms with Gasteiger partial charge in [0.1, 0.15) is 11.4 Å². The number of aromatic amines is 1. The van der Waals surface area contributed by atoms with Crippen molar-refractivity contribution in [1.29, 1.82) is 0 Å². The molecule has 3 aliphatic rings. The minimum absolute atomic E-state index is 0.0441. The highest BCUT2D eigenvalue weighted by molar-refractivity contribution is 6.15. The fourth-order valence-electron chi connectivity index (χ4n) is 6.85. The number of hydrogen-bond donors (Lipinski definition) is 1. The summed E-state index contributed by atoms with van der Waals surface area (Å²) in [6, 6.07) is 14.6. The molecule has 0 unspecified atom stereocenters. The molecule has 0 radical (unpaired) electrons. The molecule has 1 aliphatic carbocycles. The summed E-state index contributed by atoms with van der Waals surface area (Å²) < 4.78 is 0. The van der Waals surface area contributed by atoms with Crippen molar-refractivity contribution >= 4 is 34.5 Å². The summed E-state index contributed by atoms with van der Waals surface area (Å²) >= 11 is 0. The van der Waals surface area contributed by atoms with Crippen LogP contribution in [-0.4, -0.2) is 112 Å². The Morgan fingerprint density at radius 3 is 2.41 bits per heavy atom. The van der Waals surface area contributed by atoms with Crippen molar-refractivity contribution in [3.8, 4) is 11.1 Å². The third-order valence-electron chi connectivity index (χ3n) is 9.77. The SMILES string of the molecule is CCN(CCC[C@H](C)CN1C(=O)C2(CCN(C(=O)CN(C)C)CC2)N=C1c1ccc(-c2ccc3[nH]ncc3c2)cc1)C(=O)C1CC1. The van der Waals surface area contributed by atoms with Crippen LogP contribution in [0.15, 0.2) is 53.7 Å². The average Bonchev–Trinajstić information content (AvgIpc) is 3.75. The maximum absolute atomic E-state index is 14.3. The van der Waals surface area contributed by atoms with E-state index < -0.39 is 5.54 Å². The second-order valence-corrected chi connectivity index (χ2v) is 13.7. The number of carbonyl (C=O) groups is 3. The first-order valence-corrected chi connectivity index (χ1v) is 16.8. The zero-order valence-electron chi connectivity index (χ0n) is 27.7. The third-order valence-corrected chi connectivity index (χ3v) is 9.77. The van der Waals surface area contributed by atoms with Crippen molar-refractivity contribution in [2.45, 2.75) is 57.9 Å². The van der Waals surface area contributed by atoms with Crippen LogP contribution in [0.5, 0.6) is 0 Å². The minimum atomic E-state index is -0.843. The van der Waals surface area contributed by atoms with Crippen molar-refractivity contribution in [2.24, 2.45) is 16.8 Å². The molecule has 10 heteroatoms. The highest BCUT2D eigenvalue weighted by atomic mass is 16.2. The van der Waals surface area contributed by atoms with Crippen LogP contribution in [0.2, 0.25) is 0 Å². The highest BCUT2D eigenvalue weighted by Gasteiger charge is 2.50. The number of carbonyl (C=O) groups excluding carboxylic acids is 3. The molecule has 1 atom stereocenters. The number of fused-ring (bicyclic) bond motifs is 1. The lowest BCUT2D eigenvalue weighted by atomic mass is 9.87. The van der Waals surface area contributed by atoms with E-state index in [0.29, 0.717) is 44.9 Å². The lowest BCUT2D eigenvalue weighted by Crippen LogP contribution is -2.52. The maximum atomic E-state index is 14.3. The van der Waals surface area contributed by atoms with Crippen LogP contribution in [-0.2, 0) is 14.4 Å². The van der Waals surface area contributed by atoms with Crippen LogP contribution < -0.4 is 0 Å². The molecule has 3 heterocycles. The first kappa shape index (κ1) is 31.9. The number of H-pyrrole nitrogens is 1. The molecule has 6 rings (SSSR count). The zero-order chi connectivity index (χ0) is 32.4.